The summed E-state index contributed by atoms with van der Waals surface area (Å²) >= 11 is 0. The fraction of sp³-hybridized carbons (Fsp3) is 0.909. The quantitative estimate of drug-likeness (QED) is 0.677. The topological polar surface area (TPSA) is 44.4 Å². The van der Waals surface area contributed by atoms with Gasteiger partial charge in [0.05, 0.1) is 0 Å². The molecular weight excluding hydrogens is 190 g/mol. The molecule has 1 amide bonds. The smallest absolute Gasteiger partial charge is 0.217 e. The van der Waals surface area contributed by atoms with Crippen molar-refractivity contribution in [2.75, 3.05) is 32.7 Å². The lowest BCUT2D eigenvalue weighted by molar-refractivity contribution is -0.119. The molecule has 0 bridgehead atoms. The number of hydrogen-bond acceptors (Lipinski definition) is 3. The Morgan fingerprint density at radius 1 is 1.53 bits per heavy atom. The van der Waals surface area contributed by atoms with Crippen LogP contribution in [0.4, 0.5) is 0 Å². The summed E-state index contributed by atoms with van der Waals surface area (Å²) in [4.78, 5) is 13.4. The normalized spacial score (nSPS) is 27.7. The molecule has 0 aromatic carbocycles. The van der Waals surface area contributed by atoms with E-state index in [-0.39, 0.29) is 5.91 Å². The van der Waals surface area contributed by atoms with Crippen LogP contribution >= 0.6 is 0 Å². The van der Waals surface area contributed by atoms with Gasteiger partial charge in [0, 0.05) is 26.1 Å². The van der Waals surface area contributed by atoms with Crippen molar-refractivity contribution in [2.45, 2.75) is 25.8 Å². The molecule has 0 aliphatic carbocycles. The molecule has 2 aliphatic rings. The predicted molar refractivity (Wildman–Crippen MR) is 59.6 cm³/mol. The number of rotatable bonds is 4. The molecule has 86 valence electrons. The van der Waals surface area contributed by atoms with Crippen LogP contribution in [0.15, 0.2) is 0 Å². The van der Waals surface area contributed by atoms with Crippen molar-refractivity contribution >= 4 is 5.91 Å². The Bertz CT molecular complexity index is 228. The highest BCUT2D eigenvalue weighted by molar-refractivity contribution is 5.73. The third-order valence-corrected chi connectivity index (χ3v) is 3.40. The Kier molecular flexibility index (Phi) is 3.59. The molecule has 1 unspecified atom stereocenters. The number of nitrogens with one attached hydrogen (secondary N) is 2. The van der Waals surface area contributed by atoms with Gasteiger partial charge in [-0.25, -0.2) is 0 Å². The van der Waals surface area contributed by atoms with Crippen molar-refractivity contribution in [3.63, 3.8) is 0 Å². The van der Waals surface area contributed by atoms with E-state index in [1.807, 2.05) is 0 Å². The van der Waals surface area contributed by atoms with Crippen LogP contribution in [0.25, 0.3) is 0 Å². The van der Waals surface area contributed by atoms with Crippen molar-refractivity contribution in [3.05, 3.63) is 0 Å². The highest BCUT2D eigenvalue weighted by atomic mass is 16.1. The van der Waals surface area contributed by atoms with Gasteiger partial charge in [0.2, 0.25) is 5.91 Å². The number of hydrogen-bond donors (Lipinski definition) is 2. The highest BCUT2D eigenvalue weighted by Gasteiger charge is 2.24. The minimum Gasteiger partial charge on any atom is -0.352 e. The largest absolute Gasteiger partial charge is 0.352 e. The van der Waals surface area contributed by atoms with Gasteiger partial charge in [-0.05, 0) is 38.4 Å². The monoisotopic (exact) mass is 211 g/mol. The van der Waals surface area contributed by atoms with Crippen LogP contribution in [-0.2, 0) is 4.79 Å². The van der Waals surface area contributed by atoms with Gasteiger partial charge in [-0.3, -0.25) is 4.79 Å². The molecule has 1 atom stereocenters. The zero-order valence-electron chi connectivity index (χ0n) is 9.46. The van der Waals surface area contributed by atoms with Gasteiger partial charge in [0.15, 0.2) is 0 Å². The standard InChI is InChI=1S/C11H21N3O/c1-9(15)13-11-3-5-14(8-11)4-2-10-6-12-7-10/h10-12H,2-8H2,1H3,(H,13,15). The fourth-order valence-electron chi connectivity index (χ4n) is 2.36. The van der Waals surface area contributed by atoms with Crippen molar-refractivity contribution in [3.8, 4) is 0 Å². The van der Waals surface area contributed by atoms with E-state index in [4.69, 9.17) is 0 Å². The van der Waals surface area contributed by atoms with Gasteiger partial charge >= 0.3 is 0 Å². The maximum Gasteiger partial charge on any atom is 0.217 e. The van der Waals surface area contributed by atoms with Gasteiger partial charge in [0.1, 0.15) is 0 Å². The second-order valence-corrected chi connectivity index (χ2v) is 4.80. The molecule has 2 saturated heterocycles. The van der Waals surface area contributed by atoms with Gasteiger partial charge in [-0.1, -0.05) is 0 Å². The molecule has 0 spiro atoms. The molecule has 4 heteroatoms. The first kappa shape index (κ1) is 10.9. The van der Waals surface area contributed by atoms with Crippen LogP contribution in [-0.4, -0.2) is 49.6 Å². The molecule has 0 aromatic rings. The second kappa shape index (κ2) is 4.94. The average Bonchev–Trinajstić information content (AvgIpc) is 2.48. The summed E-state index contributed by atoms with van der Waals surface area (Å²) in [6.45, 7) is 7.38. The summed E-state index contributed by atoms with van der Waals surface area (Å²) in [5.74, 6) is 0.995. The van der Waals surface area contributed by atoms with E-state index >= 15 is 0 Å². The third-order valence-electron chi connectivity index (χ3n) is 3.40. The van der Waals surface area contributed by atoms with Crippen LogP contribution in [0.3, 0.4) is 0 Å². The van der Waals surface area contributed by atoms with E-state index in [2.05, 4.69) is 15.5 Å². The Hall–Kier alpha value is -0.610. The zero-order chi connectivity index (χ0) is 10.7. The molecule has 2 rings (SSSR count). The maximum absolute atomic E-state index is 10.9. The number of nitrogens with zero attached hydrogens (tertiary/aromatic N) is 1. The lowest BCUT2D eigenvalue weighted by atomic mass is 9.99. The Morgan fingerprint density at radius 2 is 2.33 bits per heavy atom. The second-order valence-electron chi connectivity index (χ2n) is 4.80. The predicted octanol–water partition coefficient (Wildman–Crippen LogP) is -0.194. The van der Waals surface area contributed by atoms with Gasteiger partial charge in [-0.15, -0.1) is 0 Å². The molecule has 0 radical (unpaired) electrons. The minimum atomic E-state index is 0.102. The zero-order valence-corrected chi connectivity index (χ0v) is 9.46. The lowest BCUT2D eigenvalue weighted by Crippen LogP contribution is -2.43. The van der Waals surface area contributed by atoms with E-state index in [1.165, 1.54) is 26.1 Å². The van der Waals surface area contributed by atoms with Crippen molar-refractivity contribution in [2.24, 2.45) is 5.92 Å². The lowest BCUT2D eigenvalue weighted by Gasteiger charge is -2.28. The van der Waals surface area contributed by atoms with Crippen LogP contribution < -0.4 is 10.6 Å². The SMILES string of the molecule is CC(=O)NC1CCN(CCC2CNC2)C1. The van der Waals surface area contributed by atoms with Crippen LogP contribution in [0.5, 0.6) is 0 Å². The van der Waals surface area contributed by atoms with Crippen LogP contribution in [0.2, 0.25) is 0 Å². The van der Waals surface area contributed by atoms with Crippen molar-refractivity contribution in [1.29, 1.82) is 0 Å². The van der Waals surface area contributed by atoms with Gasteiger partial charge in [0.25, 0.3) is 0 Å². The van der Waals surface area contributed by atoms with Crippen molar-refractivity contribution < 1.29 is 4.79 Å². The first-order valence-corrected chi connectivity index (χ1v) is 5.94. The van der Waals surface area contributed by atoms with E-state index in [1.54, 1.807) is 6.92 Å². The first-order chi connectivity index (χ1) is 7.24. The summed E-state index contributed by atoms with van der Waals surface area (Å²) in [6, 6.07) is 0.391. The number of likely N-dealkylation sites (tertiary alicyclic amines) is 1. The van der Waals surface area contributed by atoms with Gasteiger partial charge in [-0.2, -0.15) is 0 Å². The maximum atomic E-state index is 10.9. The highest BCUT2D eigenvalue weighted by Crippen LogP contribution is 2.13. The van der Waals surface area contributed by atoms with Crippen LogP contribution in [0, 0.1) is 5.92 Å². The summed E-state index contributed by atoms with van der Waals surface area (Å²) < 4.78 is 0. The molecule has 2 fully saturated rings. The third kappa shape index (κ3) is 3.18. The van der Waals surface area contributed by atoms with Crippen molar-refractivity contribution in [1.82, 2.24) is 15.5 Å². The Labute approximate surface area is 91.4 Å². The minimum absolute atomic E-state index is 0.102. The van der Waals surface area contributed by atoms with E-state index in [9.17, 15) is 4.79 Å². The molecule has 0 saturated carbocycles. The molecule has 15 heavy (non-hydrogen) atoms. The summed E-state index contributed by atoms with van der Waals surface area (Å²) in [5, 5.41) is 6.29. The Morgan fingerprint density at radius 3 is 2.93 bits per heavy atom. The van der Waals surface area contributed by atoms with Gasteiger partial charge < -0.3 is 15.5 Å². The number of carbonyl (C=O) groups is 1. The summed E-state index contributed by atoms with van der Waals surface area (Å²) in [7, 11) is 0. The fourth-order valence-corrected chi connectivity index (χ4v) is 2.36. The van der Waals surface area contributed by atoms with E-state index in [0.29, 0.717) is 6.04 Å². The summed E-state index contributed by atoms with van der Waals surface area (Å²) in [5.41, 5.74) is 0. The molecule has 2 aliphatic heterocycles. The molecule has 0 aromatic heterocycles. The first-order valence-electron chi connectivity index (χ1n) is 5.94. The number of carbonyl (C=O) groups excluding carboxylic acids is 1. The molecule has 4 nitrogen and oxygen atoms in total. The number of amides is 1. The Balaban J connectivity index is 1.61. The average molecular weight is 211 g/mol. The molecule has 2 heterocycles. The van der Waals surface area contributed by atoms with E-state index < -0.39 is 0 Å². The molecular formula is C11H21N3O. The van der Waals surface area contributed by atoms with E-state index in [0.717, 1.165) is 25.4 Å². The molecule has 2 N–H and O–H groups in total. The van der Waals surface area contributed by atoms with Crippen LogP contribution in [0.1, 0.15) is 19.8 Å². The summed E-state index contributed by atoms with van der Waals surface area (Å²) in [6.07, 6.45) is 2.42.